The molecule has 1 aromatic rings. The second-order valence-electron chi connectivity index (χ2n) is 2.27. The van der Waals surface area contributed by atoms with Crippen molar-refractivity contribution in [3.63, 3.8) is 0 Å². The summed E-state index contributed by atoms with van der Waals surface area (Å²) in [4.78, 5) is 10.9. The predicted molar refractivity (Wildman–Crippen MR) is 49.7 cm³/mol. The Morgan fingerprint density at radius 1 is 1.25 bits per heavy atom. The van der Waals surface area contributed by atoms with Crippen LogP contribution in [0, 0.1) is 0 Å². The summed E-state index contributed by atoms with van der Waals surface area (Å²) in [5.74, 6) is -0.572. The molecule has 5 heteroatoms. The van der Waals surface area contributed by atoms with Crippen LogP contribution in [0.3, 0.4) is 0 Å². The zero-order chi connectivity index (χ0) is 9.14. The summed E-state index contributed by atoms with van der Waals surface area (Å²) < 4.78 is 4.19. The Morgan fingerprint density at radius 3 is 2.17 bits per heavy atom. The van der Waals surface area contributed by atoms with Crippen LogP contribution in [-0.4, -0.2) is 5.97 Å². The maximum absolute atomic E-state index is 10.9. The van der Waals surface area contributed by atoms with E-state index in [0.29, 0.717) is 16.9 Å². The molecule has 0 unspecified atom stereocenters. The monoisotopic (exact) mass is 184 g/mol. The van der Waals surface area contributed by atoms with Crippen LogP contribution in [0.5, 0.6) is 0 Å². The number of nitrogen functional groups attached to an aromatic ring is 2. The van der Waals surface area contributed by atoms with E-state index in [2.05, 4.69) is 17.1 Å². The van der Waals surface area contributed by atoms with E-state index in [9.17, 15) is 4.79 Å². The fourth-order valence-corrected chi connectivity index (χ4v) is 0.953. The molecule has 12 heavy (non-hydrogen) atoms. The van der Waals surface area contributed by atoms with Crippen LogP contribution >= 0.6 is 12.9 Å². The third-order valence-electron chi connectivity index (χ3n) is 1.30. The maximum atomic E-state index is 10.9. The van der Waals surface area contributed by atoms with Gasteiger partial charge in [-0.3, -0.25) is 0 Å². The normalized spacial score (nSPS) is 9.42. The molecule has 0 saturated heterocycles. The van der Waals surface area contributed by atoms with Crippen LogP contribution in [0.4, 0.5) is 11.4 Å². The lowest BCUT2D eigenvalue weighted by Crippen LogP contribution is -2.01. The number of hydrogen-bond donors (Lipinski definition) is 3. The van der Waals surface area contributed by atoms with Crippen LogP contribution in [0.2, 0.25) is 0 Å². The van der Waals surface area contributed by atoms with E-state index >= 15 is 0 Å². The standard InChI is InChI=1S/C7H8N2O2S/c8-5-1-4(7(10)11-12)2-6(9)3-5/h1-3,12H,8-9H2. The molecule has 0 atom stereocenters. The summed E-state index contributed by atoms with van der Waals surface area (Å²) in [6, 6.07) is 4.49. The van der Waals surface area contributed by atoms with Crippen LogP contribution < -0.4 is 11.5 Å². The van der Waals surface area contributed by atoms with Gasteiger partial charge in [-0.1, -0.05) is 0 Å². The van der Waals surface area contributed by atoms with Gasteiger partial charge in [0.25, 0.3) is 0 Å². The van der Waals surface area contributed by atoms with Crippen molar-refractivity contribution in [1.82, 2.24) is 0 Å². The molecule has 0 aliphatic heterocycles. The molecule has 0 fully saturated rings. The average molecular weight is 184 g/mol. The number of anilines is 2. The van der Waals surface area contributed by atoms with Crippen LogP contribution in [0.1, 0.15) is 10.4 Å². The van der Waals surface area contributed by atoms with E-state index in [1.807, 2.05) is 0 Å². The fourth-order valence-electron chi connectivity index (χ4n) is 0.847. The van der Waals surface area contributed by atoms with Crippen molar-refractivity contribution < 1.29 is 8.98 Å². The van der Waals surface area contributed by atoms with Crippen molar-refractivity contribution in [1.29, 1.82) is 0 Å². The first-order valence-electron chi connectivity index (χ1n) is 3.15. The second kappa shape index (κ2) is 3.36. The molecular formula is C7H8N2O2S. The molecule has 0 heterocycles. The number of nitrogens with two attached hydrogens (primary N) is 2. The van der Waals surface area contributed by atoms with E-state index < -0.39 is 5.97 Å². The first-order chi connectivity index (χ1) is 5.63. The van der Waals surface area contributed by atoms with Crippen molar-refractivity contribution in [3.8, 4) is 0 Å². The first kappa shape index (κ1) is 8.73. The van der Waals surface area contributed by atoms with Crippen molar-refractivity contribution in [2.45, 2.75) is 0 Å². The Bertz CT molecular complexity index is 294. The summed E-state index contributed by atoms with van der Waals surface area (Å²) in [5.41, 5.74) is 12.0. The molecule has 0 amide bonds. The maximum Gasteiger partial charge on any atom is 0.350 e. The molecule has 64 valence electrons. The Balaban J connectivity index is 3.08. The van der Waals surface area contributed by atoms with Gasteiger partial charge in [-0.05, 0) is 18.2 Å². The Morgan fingerprint density at radius 2 is 1.75 bits per heavy atom. The summed E-state index contributed by atoms with van der Waals surface area (Å²) in [6.45, 7) is 0. The van der Waals surface area contributed by atoms with E-state index in [-0.39, 0.29) is 0 Å². The first-order valence-corrected chi connectivity index (χ1v) is 3.52. The predicted octanol–water partition coefficient (Wildman–Crippen LogP) is 0.853. The van der Waals surface area contributed by atoms with Gasteiger partial charge in [0.2, 0.25) is 0 Å². The molecule has 1 rings (SSSR count). The van der Waals surface area contributed by atoms with Crippen molar-refractivity contribution in [2.75, 3.05) is 11.5 Å². The lowest BCUT2D eigenvalue weighted by molar-refractivity contribution is 0.0772. The largest absolute Gasteiger partial charge is 0.399 e. The van der Waals surface area contributed by atoms with Gasteiger partial charge in [-0.15, -0.1) is 0 Å². The molecule has 4 nitrogen and oxygen atoms in total. The summed E-state index contributed by atoms with van der Waals surface area (Å²) >= 11 is 3.36. The highest BCUT2D eigenvalue weighted by Crippen LogP contribution is 2.14. The van der Waals surface area contributed by atoms with Gasteiger partial charge in [0, 0.05) is 24.3 Å². The van der Waals surface area contributed by atoms with Crippen LogP contribution in [0.25, 0.3) is 0 Å². The van der Waals surface area contributed by atoms with Gasteiger partial charge >= 0.3 is 5.97 Å². The Labute approximate surface area is 75.1 Å². The Kier molecular flexibility index (Phi) is 2.44. The van der Waals surface area contributed by atoms with Gasteiger partial charge < -0.3 is 15.7 Å². The minimum Gasteiger partial charge on any atom is -0.399 e. The highest BCUT2D eigenvalue weighted by atomic mass is 32.1. The van der Waals surface area contributed by atoms with E-state index in [1.54, 1.807) is 6.07 Å². The topological polar surface area (TPSA) is 78.3 Å². The number of carbonyl (C=O) groups excluding carboxylic acids is 1. The minimum atomic E-state index is -0.572. The average Bonchev–Trinajstić information content (AvgIpc) is 2.01. The van der Waals surface area contributed by atoms with Crippen LogP contribution in [-0.2, 0) is 4.18 Å². The van der Waals surface area contributed by atoms with Crippen LogP contribution in [0.15, 0.2) is 18.2 Å². The molecule has 0 aliphatic carbocycles. The molecule has 0 aliphatic rings. The molecule has 0 radical (unpaired) electrons. The quantitative estimate of drug-likeness (QED) is 0.343. The van der Waals surface area contributed by atoms with Crippen molar-refractivity contribution in [2.24, 2.45) is 0 Å². The SMILES string of the molecule is Nc1cc(N)cc(C(=O)OS)c1. The molecule has 0 saturated carbocycles. The van der Waals surface area contributed by atoms with E-state index in [1.165, 1.54) is 12.1 Å². The number of thiol groups is 1. The van der Waals surface area contributed by atoms with Crippen molar-refractivity contribution in [3.05, 3.63) is 23.8 Å². The van der Waals surface area contributed by atoms with Gasteiger partial charge in [-0.2, -0.15) is 0 Å². The Hall–Kier alpha value is -1.36. The zero-order valence-electron chi connectivity index (χ0n) is 6.15. The van der Waals surface area contributed by atoms with Gasteiger partial charge in [-0.25, -0.2) is 4.79 Å². The van der Waals surface area contributed by atoms with Crippen molar-refractivity contribution >= 4 is 30.3 Å². The number of carbonyl (C=O) groups is 1. The minimum absolute atomic E-state index is 0.294. The molecule has 4 N–H and O–H groups in total. The summed E-state index contributed by atoms with van der Waals surface area (Å²) in [6.07, 6.45) is 0. The second-order valence-corrected chi connectivity index (χ2v) is 2.45. The number of rotatable bonds is 1. The lowest BCUT2D eigenvalue weighted by atomic mass is 10.2. The third kappa shape index (κ3) is 1.82. The lowest BCUT2D eigenvalue weighted by Gasteiger charge is -2.00. The van der Waals surface area contributed by atoms with Gasteiger partial charge in [0.15, 0.2) is 0 Å². The van der Waals surface area contributed by atoms with Gasteiger partial charge in [0.1, 0.15) is 0 Å². The zero-order valence-corrected chi connectivity index (χ0v) is 7.04. The van der Waals surface area contributed by atoms with E-state index in [0.717, 1.165) is 0 Å². The highest BCUT2D eigenvalue weighted by Gasteiger charge is 2.06. The van der Waals surface area contributed by atoms with E-state index in [4.69, 9.17) is 11.5 Å². The molecular weight excluding hydrogens is 176 g/mol. The number of hydrogen-bond acceptors (Lipinski definition) is 5. The number of benzene rings is 1. The molecule has 0 aromatic heterocycles. The van der Waals surface area contributed by atoms with Gasteiger partial charge in [0.05, 0.1) is 5.56 Å². The highest BCUT2D eigenvalue weighted by molar-refractivity contribution is 7.75. The summed E-state index contributed by atoms with van der Waals surface area (Å²) in [5, 5.41) is 0. The molecule has 1 aromatic carbocycles. The molecule has 0 spiro atoms. The third-order valence-corrected chi connectivity index (χ3v) is 1.46. The fraction of sp³-hybridized carbons (Fsp3) is 0. The molecule has 0 bridgehead atoms. The summed E-state index contributed by atoms with van der Waals surface area (Å²) in [7, 11) is 0. The smallest absolute Gasteiger partial charge is 0.350 e.